The lowest BCUT2D eigenvalue weighted by Gasteiger charge is -2.34. The van der Waals surface area contributed by atoms with Crippen LogP contribution in [0.15, 0.2) is 30.6 Å². The maximum Gasteiger partial charge on any atom is 0.410 e. The molecule has 10 nitrogen and oxygen atoms in total. The predicted octanol–water partition coefficient (Wildman–Crippen LogP) is 3.49. The number of piperidine rings is 2. The van der Waals surface area contributed by atoms with E-state index in [0.717, 1.165) is 49.2 Å². The number of nitrogens with one attached hydrogen (secondary N) is 1. The number of likely N-dealkylation sites (tertiary alicyclic amines) is 1. The number of hydrogen-bond donors (Lipinski definition) is 2. The van der Waals surface area contributed by atoms with E-state index in [4.69, 9.17) is 10.5 Å². The summed E-state index contributed by atoms with van der Waals surface area (Å²) in [6, 6.07) is 6.10. The molecule has 2 aliphatic heterocycles. The number of primary amides is 1. The van der Waals surface area contributed by atoms with Gasteiger partial charge in [0, 0.05) is 55.1 Å². The number of pyridine rings is 2. The van der Waals surface area contributed by atoms with Gasteiger partial charge in [-0.3, -0.25) is 19.6 Å². The average Bonchev–Trinajstić information content (AvgIpc) is 3.46. The summed E-state index contributed by atoms with van der Waals surface area (Å²) in [5, 5.41) is 3.45. The number of rotatable bonds is 6. The second kappa shape index (κ2) is 10.2. The Morgan fingerprint density at radius 2 is 1.82 bits per heavy atom. The first-order valence-electron chi connectivity index (χ1n) is 13.4. The lowest BCUT2D eigenvalue weighted by atomic mass is 10.0. The Hall–Kier alpha value is -3.69. The van der Waals surface area contributed by atoms with Gasteiger partial charge in [0.15, 0.2) is 0 Å². The van der Waals surface area contributed by atoms with Crippen molar-refractivity contribution in [3.05, 3.63) is 47.5 Å². The molecule has 3 N–H and O–H groups in total. The third-order valence-electron chi connectivity index (χ3n) is 7.54. The summed E-state index contributed by atoms with van der Waals surface area (Å²) in [5.74, 6) is -0.167. The van der Waals surface area contributed by atoms with Gasteiger partial charge in [-0.15, -0.1) is 0 Å². The molecule has 2 saturated heterocycles. The molecule has 5 rings (SSSR count). The van der Waals surface area contributed by atoms with Gasteiger partial charge in [0.25, 0.3) is 5.91 Å². The molecule has 202 valence electrons. The monoisotopic (exact) mass is 520 g/mol. The van der Waals surface area contributed by atoms with Crippen molar-refractivity contribution in [1.29, 1.82) is 0 Å². The number of fused-ring (bicyclic) bond motifs is 2. The second-order valence-corrected chi connectivity index (χ2v) is 11.5. The van der Waals surface area contributed by atoms with Crippen molar-refractivity contribution in [3.63, 3.8) is 0 Å². The van der Waals surface area contributed by atoms with Crippen molar-refractivity contribution < 1.29 is 19.1 Å². The summed E-state index contributed by atoms with van der Waals surface area (Å²) in [6.07, 6.45) is 7.89. The zero-order chi connectivity index (χ0) is 27.0. The lowest BCUT2D eigenvalue weighted by molar-refractivity contribution is -0.121. The lowest BCUT2D eigenvalue weighted by Crippen LogP contribution is -2.44. The second-order valence-electron chi connectivity index (χ2n) is 11.5. The number of hydrogen-bond acceptors (Lipinski definition) is 7. The van der Waals surface area contributed by atoms with E-state index in [9.17, 15) is 14.4 Å². The van der Waals surface area contributed by atoms with Crippen molar-refractivity contribution in [2.24, 2.45) is 11.7 Å². The Morgan fingerprint density at radius 3 is 2.42 bits per heavy atom. The number of aromatic nitrogens is 2. The molecule has 1 saturated carbocycles. The Labute approximate surface area is 222 Å². The van der Waals surface area contributed by atoms with Gasteiger partial charge < -0.3 is 25.6 Å². The Kier molecular flexibility index (Phi) is 6.98. The highest BCUT2D eigenvalue weighted by Gasteiger charge is 2.45. The standard InChI is InChI=1S/C28H36N6O4/c1-28(2,3)38-27(37)33-10-8-18(9-11-33)32-24-14-20(31-16-23(24)25(29)35)13-19-5-7-22(15-30-19)34-21-6-4-17(12-21)26(34)36/h5,7,14-18,21H,4,6,8-13H2,1-3H3,(H2,29,35)(H,31,32)/t17-,21+/m1/s1. The first-order chi connectivity index (χ1) is 18.1. The van der Waals surface area contributed by atoms with Gasteiger partial charge in [0.1, 0.15) is 5.60 Å². The molecule has 2 aromatic heterocycles. The van der Waals surface area contributed by atoms with Gasteiger partial charge in [-0.05, 0) is 71.1 Å². The fourth-order valence-corrected chi connectivity index (χ4v) is 5.64. The minimum absolute atomic E-state index is 0.0766. The summed E-state index contributed by atoms with van der Waals surface area (Å²) in [7, 11) is 0. The number of carbonyl (C=O) groups is 3. The molecule has 4 heterocycles. The normalized spacial score (nSPS) is 21.6. The van der Waals surface area contributed by atoms with Gasteiger partial charge >= 0.3 is 6.09 Å². The molecule has 3 amide bonds. The zero-order valence-electron chi connectivity index (χ0n) is 22.3. The molecule has 2 atom stereocenters. The van der Waals surface area contributed by atoms with Crippen molar-refractivity contribution >= 4 is 29.3 Å². The zero-order valence-corrected chi connectivity index (χ0v) is 22.3. The molecule has 0 spiro atoms. The summed E-state index contributed by atoms with van der Waals surface area (Å²) in [6.45, 7) is 6.69. The van der Waals surface area contributed by atoms with Gasteiger partial charge in [-0.2, -0.15) is 0 Å². The van der Waals surface area contributed by atoms with Crippen LogP contribution in [0.4, 0.5) is 16.2 Å². The molecule has 2 bridgehead atoms. The first-order valence-corrected chi connectivity index (χ1v) is 13.4. The van der Waals surface area contributed by atoms with E-state index in [1.165, 1.54) is 6.20 Å². The smallest absolute Gasteiger partial charge is 0.410 e. The highest BCUT2D eigenvalue weighted by Crippen LogP contribution is 2.41. The summed E-state index contributed by atoms with van der Waals surface area (Å²) >= 11 is 0. The van der Waals surface area contributed by atoms with Crippen LogP contribution in [0.25, 0.3) is 0 Å². The molecule has 2 aromatic rings. The fourth-order valence-electron chi connectivity index (χ4n) is 5.64. The SMILES string of the molecule is CC(C)(C)OC(=O)N1CCC(Nc2cc(Cc3ccc(N4C(=O)[C@@H]5CC[C@H]4C5)cn3)ncc2C(N)=O)CC1. The van der Waals surface area contributed by atoms with Crippen LogP contribution >= 0.6 is 0 Å². The maximum absolute atomic E-state index is 12.6. The number of ether oxygens (including phenoxy) is 1. The number of anilines is 2. The maximum atomic E-state index is 12.6. The fraction of sp³-hybridized carbons (Fsp3) is 0.536. The molecular weight excluding hydrogens is 484 g/mol. The Bertz CT molecular complexity index is 1220. The van der Waals surface area contributed by atoms with E-state index < -0.39 is 11.5 Å². The van der Waals surface area contributed by atoms with Crippen LogP contribution in [0.3, 0.4) is 0 Å². The van der Waals surface area contributed by atoms with E-state index in [0.29, 0.717) is 36.8 Å². The quantitative estimate of drug-likeness (QED) is 0.596. The minimum Gasteiger partial charge on any atom is -0.444 e. The predicted molar refractivity (Wildman–Crippen MR) is 143 cm³/mol. The minimum atomic E-state index is -0.551. The Morgan fingerprint density at radius 1 is 1.08 bits per heavy atom. The highest BCUT2D eigenvalue weighted by molar-refractivity contribution is 5.99. The van der Waals surface area contributed by atoms with Crippen molar-refractivity contribution in [2.75, 3.05) is 23.3 Å². The molecule has 0 aromatic carbocycles. The largest absolute Gasteiger partial charge is 0.444 e. The number of nitrogens with two attached hydrogens (primary N) is 1. The molecule has 0 radical (unpaired) electrons. The van der Waals surface area contributed by atoms with Crippen LogP contribution in [0.1, 0.15) is 74.6 Å². The molecule has 3 fully saturated rings. The van der Waals surface area contributed by atoms with Crippen molar-refractivity contribution in [1.82, 2.24) is 14.9 Å². The van der Waals surface area contributed by atoms with E-state index in [1.807, 2.05) is 43.9 Å². The average molecular weight is 521 g/mol. The number of carbonyl (C=O) groups excluding carboxylic acids is 3. The van der Waals surface area contributed by atoms with Crippen LogP contribution in [-0.4, -0.2) is 63.5 Å². The van der Waals surface area contributed by atoms with E-state index in [-0.39, 0.29) is 24.0 Å². The molecular formula is C28H36N6O4. The first kappa shape index (κ1) is 25.9. The third kappa shape index (κ3) is 5.58. The molecule has 10 heteroatoms. The van der Waals surface area contributed by atoms with Crippen LogP contribution < -0.4 is 16.0 Å². The molecule has 3 aliphatic rings. The molecule has 0 unspecified atom stereocenters. The van der Waals surface area contributed by atoms with E-state index in [2.05, 4.69) is 15.3 Å². The van der Waals surface area contributed by atoms with Crippen LogP contribution in [0, 0.1) is 5.92 Å². The van der Waals surface area contributed by atoms with Crippen LogP contribution in [-0.2, 0) is 16.0 Å². The van der Waals surface area contributed by atoms with E-state index >= 15 is 0 Å². The van der Waals surface area contributed by atoms with Crippen molar-refractivity contribution in [3.8, 4) is 0 Å². The summed E-state index contributed by atoms with van der Waals surface area (Å²) in [5.41, 5.74) is 8.47. The summed E-state index contributed by atoms with van der Waals surface area (Å²) in [4.78, 5) is 49.7. The van der Waals surface area contributed by atoms with E-state index in [1.54, 1.807) is 11.1 Å². The topological polar surface area (TPSA) is 131 Å². The third-order valence-corrected chi connectivity index (χ3v) is 7.54. The van der Waals surface area contributed by atoms with Gasteiger partial charge in [-0.1, -0.05) is 0 Å². The molecule has 1 aliphatic carbocycles. The summed E-state index contributed by atoms with van der Waals surface area (Å²) < 4.78 is 5.48. The Balaban J connectivity index is 1.23. The van der Waals surface area contributed by atoms with Crippen LogP contribution in [0.2, 0.25) is 0 Å². The highest BCUT2D eigenvalue weighted by atomic mass is 16.6. The van der Waals surface area contributed by atoms with Gasteiger partial charge in [0.2, 0.25) is 5.91 Å². The number of amides is 3. The van der Waals surface area contributed by atoms with Gasteiger partial charge in [0.05, 0.1) is 23.1 Å². The molecule has 38 heavy (non-hydrogen) atoms. The number of nitrogens with zero attached hydrogens (tertiary/aromatic N) is 4. The van der Waals surface area contributed by atoms with Gasteiger partial charge in [-0.25, -0.2) is 4.79 Å². The van der Waals surface area contributed by atoms with Crippen LogP contribution in [0.5, 0.6) is 0 Å². The van der Waals surface area contributed by atoms with Crippen molar-refractivity contribution in [2.45, 2.75) is 77.0 Å².